The summed E-state index contributed by atoms with van der Waals surface area (Å²) in [6, 6.07) is 4.03. The molecular formula is C17H26N2O2S. The van der Waals surface area contributed by atoms with Crippen LogP contribution in [0.2, 0.25) is 0 Å². The lowest BCUT2D eigenvalue weighted by atomic mass is 9.96. The minimum atomic E-state index is 0.212. The lowest BCUT2D eigenvalue weighted by Crippen LogP contribution is -2.33. The number of nitrogens with zero attached hydrogens (tertiary/aromatic N) is 2. The molecule has 1 N–H and O–H groups in total. The van der Waals surface area contributed by atoms with Crippen LogP contribution in [0.5, 0.6) is 0 Å². The van der Waals surface area contributed by atoms with E-state index >= 15 is 0 Å². The van der Waals surface area contributed by atoms with E-state index in [1.165, 1.54) is 0 Å². The van der Waals surface area contributed by atoms with E-state index in [-0.39, 0.29) is 12.0 Å². The van der Waals surface area contributed by atoms with Gasteiger partial charge in [-0.3, -0.25) is 4.90 Å². The second kappa shape index (κ2) is 7.40. The molecular weight excluding hydrogens is 296 g/mol. The highest BCUT2D eigenvalue weighted by Gasteiger charge is 2.20. The third-order valence-electron chi connectivity index (χ3n) is 3.33. The first-order valence-electron chi connectivity index (χ1n) is 7.72. The molecule has 0 spiro atoms. The minimum Gasteiger partial charge on any atom is -0.440 e. The first-order chi connectivity index (χ1) is 10.4. The van der Waals surface area contributed by atoms with Gasteiger partial charge in [-0.15, -0.1) is 11.3 Å². The van der Waals surface area contributed by atoms with Crippen LogP contribution in [0, 0.1) is 12.3 Å². The lowest BCUT2D eigenvalue weighted by molar-refractivity contribution is 0.164. The number of rotatable bonds is 7. The van der Waals surface area contributed by atoms with Gasteiger partial charge in [-0.2, -0.15) is 0 Å². The van der Waals surface area contributed by atoms with E-state index < -0.39 is 0 Å². The van der Waals surface area contributed by atoms with E-state index in [1.807, 2.05) is 24.4 Å². The Labute approximate surface area is 136 Å². The summed E-state index contributed by atoms with van der Waals surface area (Å²) >= 11 is 1.64. The van der Waals surface area contributed by atoms with Crippen molar-refractivity contribution in [1.82, 2.24) is 9.88 Å². The Bertz CT molecular complexity index is 570. The number of hydrogen-bond donors (Lipinski definition) is 1. The summed E-state index contributed by atoms with van der Waals surface area (Å²) in [4.78, 5) is 8.08. The van der Waals surface area contributed by atoms with Crippen molar-refractivity contribution in [3.8, 4) is 10.8 Å². The van der Waals surface area contributed by atoms with E-state index in [2.05, 4.69) is 30.7 Å². The summed E-state index contributed by atoms with van der Waals surface area (Å²) in [6.45, 7) is 11.5. The first-order valence-corrected chi connectivity index (χ1v) is 8.60. The van der Waals surface area contributed by atoms with Crippen LogP contribution >= 0.6 is 11.3 Å². The maximum Gasteiger partial charge on any atom is 0.236 e. The van der Waals surface area contributed by atoms with Crippen molar-refractivity contribution >= 4 is 11.3 Å². The molecule has 2 rings (SSSR count). The van der Waals surface area contributed by atoms with Gasteiger partial charge in [-0.05, 0) is 30.2 Å². The Balaban J connectivity index is 2.11. The zero-order valence-corrected chi connectivity index (χ0v) is 14.7. The number of oxazole rings is 1. The second-order valence-corrected chi connectivity index (χ2v) is 7.80. The third-order valence-corrected chi connectivity index (χ3v) is 4.19. The van der Waals surface area contributed by atoms with Crippen LogP contribution < -0.4 is 0 Å². The summed E-state index contributed by atoms with van der Waals surface area (Å²) < 4.78 is 5.82. The number of thiophene rings is 1. The molecule has 0 amide bonds. The van der Waals surface area contributed by atoms with Crippen molar-refractivity contribution in [3.05, 3.63) is 29.0 Å². The first kappa shape index (κ1) is 17.2. The SMILES string of the molecule is Cc1oc(-c2cccs2)nc1CN(CCCO)CC(C)(C)C. The normalized spacial score (nSPS) is 12.3. The van der Waals surface area contributed by atoms with E-state index in [9.17, 15) is 0 Å². The molecule has 0 saturated carbocycles. The van der Waals surface area contributed by atoms with E-state index in [4.69, 9.17) is 9.52 Å². The molecule has 4 nitrogen and oxygen atoms in total. The van der Waals surface area contributed by atoms with Crippen LogP contribution in [0.4, 0.5) is 0 Å². The maximum absolute atomic E-state index is 9.10. The van der Waals surface area contributed by atoms with Gasteiger partial charge < -0.3 is 9.52 Å². The smallest absolute Gasteiger partial charge is 0.236 e. The van der Waals surface area contributed by atoms with Crippen molar-refractivity contribution in [2.24, 2.45) is 5.41 Å². The van der Waals surface area contributed by atoms with Crippen molar-refractivity contribution in [1.29, 1.82) is 0 Å². The second-order valence-electron chi connectivity index (χ2n) is 6.85. The Hall–Kier alpha value is -1.17. The molecule has 2 heterocycles. The van der Waals surface area contributed by atoms with Crippen LogP contribution in [-0.2, 0) is 6.54 Å². The number of aromatic nitrogens is 1. The molecule has 0 unspecified atom stereocenters. The van der Waals surface area contributed by atoms with Crippen LogP contribution in [0.25, 0.3) is 10.8 Å². The fourth-order valence-corrected chi connectivity index (χ4v) is 3.12. The van der Waals surface area contributed by atoms with Crippen molar-refractivity contribution in [2.75, 3.05) is 19.7 Å². The maximum atomic E-state index is 9.10. The summed E-state index contributed by atoms with van der Waals surface area (Å²) in [5, 5.41) is 11.1. The quantitative estimate of drug-likeness (QED) is 0.839. The van der Waals surface area contributed by atoms with Crippen molar-refractivity contribution in [2.45, 2.75) is 40.7 Å². The molecule has 0 fully saturated rings. The monoisotopic (exact) mass is 322 g/mol. The molecule has 2 aromatic heterocycles. The Morgan fingerprint density at radius 2 is 2.14 bits per heavy atom. The molecule has 0 aliphatic heterocycles. The minimum absolute atomic E-state index is 0.212. The molecule has 0 aliphatic carbocycles. The fraction of sp³-hybridized carbons (Fsp3) is 0.588. The summed E-state index contributed by atoms with van der Waals surface area (Å²) in [5.41, 5.74) is 1.20. The third kappa shape index (κ3) is 4.93. The van der Waals surface area contributed by atoms with Crippen molar-refractivity contribution in [3.63, 3.8) is 0 Å². The highest BCUT2D eigenvalue weighted by molar-refractivity contribution is 7.13. The fourth-order valence-electron chi connectivity index (χ4n) is 2.47. The van der Waals surface area contributed by atoms with Gasteiger partial charge in [0, 0.05) is 26.2 Å². The topological polar surface area (TPSA) is 49.5 Å². The summed E-state index contributed by atoms with van der Waals surface area (Å²) in [6.07, 6.45) is 0.783. The number of hydrogen-bond acceptors (Lipinski definition) is 5. The van der Waals surface area contributed by atoms with E-state index in [1.54, 1.807) is 11.3 Å². The van der Waals surface area contributed by atoms with Gasteiger partial charge in [0.1, 0.15) is 5.76 Å². The van der Waals surface area contributed by atoms with Gasteiger partial charge in [0.05, 0.1) is 10.6 Å². The van der Waals surface area contributed by atoms with Gasteiger partial charge in [0.15, 0.2) is 0 Å². The molecule has 0 aromatic carbocycles. The van der Waals surface area contributed by atoms with E-state index in [0.717, 1.165) is 42.4 Å². The van der Waals surface area contributed by atoms with Crippen molar-refractivity contribution < 1.29 is 9.52 Å². The molecule has 2 aromatic rings. The van der Waals surface area contributed by atoms with Crippen LogP contribution in [0.1, 0.15) is 38.6 Å². The average Bonchev–Trinajstić information content (AvgIpc) is 3.05. The summed E-state index contributed by atoms with van der Waals surface area (Å²) in [7, 11) is 0. The van der Waals surface area contributed by atoms with Crippen LogP contribution in [0.15, 0.2) is 21.9 Å². The number of aryl methyl sites for hydroxylation is 1. The molecule has 0 bridgehead atoms. The van der Waals surface area contributed by atoms with Gasteiger partial charge in [0.25, 0.3) is 0 Å². The molecule has 0 aliphatic rings. The zero-order chi connectivity index (χ0) is 16.2. The highest BCUT2D eigenvalue weighted by Crippen LogP contribution is 2.27. The van der Waals surface area contributed by atoms with Gasteiger partial charge >= 0.3 is 0 Å². The van der Waals surface area contributed by atoms with E-state index in [0.29, 0.717) is 5.89 Å². The molecule has 0 atom stereocenters. The predicted octanol–water partition coefficient (Wildman–Crippen LogP) is 3.94. The molecule has 0 radical (unpaired) electrons. The molecule has 22 heavy (non-hydrogen) atoms. The largest absolute Gasteiger partial charge is 0.440 e. The van der Waals surface area contributed by atoms with Gasteiger partial charge in [-0.25, -0.2) is 4.98 Å². The summed E-state index contributed by atoms with van der Waals surface area (Å²) in [5.74, 6) is 1.59. The zero-order valence-electron chi connectivity index (χ0n) is 13.9. The lowest BCUT2D eigenvalue weighted by Gasteiger charge is -2.29. The van der Waals surface area contributed by atoms with Gasteiger partial charge in [0.2, 0.25) is 5.89 Å². The molecule has 122 valence electrons. The number of aliphatic hydroxyl groups is 1. The predicted molar refractivity (Wildman–Crippen MR) is 91.0 cm³/mol. The van der Waals surface area contributed by atoms with Crippen LogP contribution in [0.3, 0.4) is 0 Å². The average molecular weight is 322 g/mol. The Morgan fingerprint density at radius 3 is 2.73 bits per heavy atom. The highest BCUT2D eigenvalue weighted by atomic mass is 32.1. The standard InChI is InChI=1S/C17H26N2O2S/c1-13-14(18-16(21-13)15-7-5-10-22-15)11-19(8-6-9-20)12-17(2,3)4/h5,7,10,20H,6,8-9,11-12H2,1-4H3. The number of aliphatic hydroxyl groups excluding tert-OH is 1. The van der Waals surface area contributed by atoms with Gasteiger partial charge in [-0.1, -0.05) is 26.8 Å². The molecule has 0 saturated heterocycles. The Morgan fingerprint density at radius 1 is 1.36 bits per heavy atom. The Kier molecular flexibility index (Phi) is 5.78. The van der Waals surface area contributed by atoms with Crippen LogP contribution in [-0.4, -0.2) is 34.7 Å². The molecule has 5 heteroatoms.